The van der Waals surface area contributed by atoms with Crippen LogP contribution in [0.3, 0.4) is 0 Å². The third-order valence-electron chi connectivity index (χ3n) is 4.65. The number of nitrogens with zero attached hydrogens (tertiary/aromatic N) is 2. The Balaban J connectivity index is 1.53. The van der Waals surface area contributed by atoms with Crippen LogP contribution < -0.4 is 10.1 Å². The number of carbonyl (C=O) groups excluding carboxylic acids is 2. The molecule has 2 aromatic heterocycles. The van der Waals surface area contributed by atoms with E-state index >= 15 is 0 Å². The predicted octanol–water partition coefficient (Wildman–Crippen LogP) is 4.75. The molecule has 174 valence electrons. The van der Waals surface area contributed by atoms with E-state index in [-0.39, 0.29) is 41.9 Å². The van der Waals surface area contributed by atoms with Crippen LogP contribution in [0.1, 0.15) is 33.6 Å². The van der Waals surface area contributed by atoms with Gasteiger partial charge in [0.25, 0.3) is 5.91 Å². The summed E-state index contributed by atoms with van der Waals surface area (Å²) in [5, 5.41) is 6.85. The predicted molar refractivity (Wildman–Crippen MR) is 117 cm³/mol. The first kappa shape index (κ1) is 22.7. The molecule has 1 N–H and O–H groups in total. The van der Waals surface area contributed by atoms with Gasteiger partial charge < -0.3 is 19.2 Å². The van der Waals surface area contributed by atoms with Crippen molar-refractivity contribution >= 4 is 17.7 Å². The van der Waals surface area contributed by atoms with E-state index in [9.17, 15) is 18.4 Å². The minimum absolute atomic E-state index is 0.0703. The van der Waals surface area contributed by atoms with Crippen LogP contribution in [-0.4, -0.2) is 28.3 Å². The molecule has 0 fully saturated rings. The number of aromatic nitrogens is 2. The number of hydrogen-bond donors (Lipinski definition) is 1. The summed E-state index contributed by atoms with van der Waals surface area (Å²) in [5.41, 5.74) is 0.684. The fourth-order valence-electron chi connectivity index (χ4n) is 3.08. The molecule has 0 unspecified atom stereocenters. The Hall–Kier alpha value is -4.47. The summed E-state index contributed by atoms with van der Waals surface area (Å²) in [5.74, 6) is -2.77. The smallest absolute Gasteiger partial charge is 0.343 e. The third kappa shape index (κ3) is 4.96. The molecule has 8 nitrogen and oxygen atoms in total. The first-order chi connectivity index (χ1) is 16.5. The van der Waals surface area contributed by atoms with Gasteiger partial charge in [0.05, 0.1) is 18.5 Å². The summed E-state index contributed by atoms with van der Waals surface area (Å²) in [7, 11) is 0. The normalized spacial score (nSPS) is 10.7. The van der Waals surface area contributed by atoms with Gasteiger partial charge >= 0.3 is 5.97 Å². The van der Waals surface area contributed by atoms with Crippen LogP contribution in [0.15, 0.2) is 71.3 Å². The number of rotatable bonds is 8. The van der Waals surface area contributed by atoms with Gasteiger partial charge in [0.15, 0.2) is 23.1 Å². The van der Waals surface area contributed by atoms with E-state index in [2.05, 4.69) is 10.4 Å². The number of esters is 1. The molecular formula is C24H19F2N3O5. The van der Waals surface area contributed by atoms with E-state index in [1.54, 1.807) is 31.2 Å². The molecule has 0 spiro atoms. The lowest BCUT2D eigenvalue weighted by Crippen LogP contribution is -2.17. The van der Waals surface area contributed by atoms with Gasteiger partial charge in [-0.25, -0.2) is 18.3 Å². The van der Waals surface area contributed by atoms with Gasteiger partial charge in [-0.15, -0.1) is 0 Å². The zero-order valence-electron chi connectivity index (χ0n) is 18.0. The van der Waals surface area contributed by atoms with Gasteiger partial charge in [-0.3, -0.25) is 4.79 Å². The molecule has 4 rings (SSSR count). The Kier molecular flexibility index (Phi) is 6.67. The molecule has 0 atom stereocenters. The molecule has 0 bridgehead atoms. The van der Waals surface area contributed by atoms with Crippen molar-refractivity contribution in [3.05, 3.63) is 95.6 Å². The maximum absolute atomic E-state index is 13.7. The number of benzene rings is 2. The number of halogens is 2. The van der Waals surface area contributed by atoms with Crippen molar-refractivity contribution in [1.82, 2.24) is 9.78 Å². The van der Waals surface area contributed by atoms with Crippen LogP contribution in [0.4, 0.5) is 14.6 Å². The zero-order valence-corrected chi connectivity index (χ0v) is 18.0. The van der Waals surface area contributed by atoms with Crippen LogP contribution >= 0.6 is 0 Å². The maximum Gasteiger partial charge on any atom is 0.343 e. The van der Waals surface area contributed by atoms with E-state index in [0.717, 1.165) is 12.1 Å². The highest BCUT2D eigenvalue weighted by Crippen LogP contribution is 2.23. The molecule has 0 saturated carbocycles. The summed E-state index contributed by atoms with van der Waals surface area (Å²) >= 11 is 0. The van der Waals surface area contributed by atoms with Gasteiger partial charge in [0.1, 0.15) is 23.7 Å². The molecule has 0 aliphatic heterocycles. The van der Waals surface area contributed by atoms with E-state index in [1.165, 1.54) is 23.0 Å². The molecule has 0 radical (unpaired) electrons. The molecule has 4 aromatic rings. The average molecular weight is 467 g/mol. The summed E-state index contributed by atoms with van der Waals surface area (Å²) in [4.78, 5) is 25.2. The van der Waals surface area contributed by atoms with Gasteiger partial charge in [0.2, 0.25) is 0 Å². The Morgan fingerprint density at radius 1 is 1.09 bits per heavy atom. The van der Waals surface area contributed by atoms with Crippen molar-refractivity contribution in [2.45, 2.75) is 13.5 Å². The first-order valence-corrected chi connectivity index (χ1v) is 10.2. The Morgan fingerprint density at radius 3 is 2.62 bits per heavy atom. The van der Waals surface area contributed by atoms with Crippen molar-refractivity contribution in [3.8, 4) is 11.4 Å². The molecule has 2 heterocycles. The highest BCUT2D eigenvalue weighted by molar-refractivity contribution is 6.06. The Morgan fingerprint density at radius 2 is 1.88 bits per heavy atom. The summed E-state index contributed by atoms with van der Waals surface area (Å²) in [6.45, 7) is 1.63. The van der Waals surface area contributed by atoms with E-state index in [0.29, 0.717) is 11.8 Å². The number of hydrogen-bond acceptors (Lipinski definition) is 6. The highest BCUT2D eigenvalue weighted by atomic mass is 19.1. The van der Waals surface area contributed by atoms with Crippen molar-refractivity contribution < 1.29 is 32.3 Å². The number of anilines is 1. The van der Waals surface area contributed by atoms with Gasteiger partial charge in [-0.2, -0.15) is 5.10 Å². The zero-order chi connectivity index (χ0) is 24.1. The number of furan rings is 1. The fraction of sp³-hybridized carbons (Fsp3) is 0.125. The second-order valence-electron chi connectivity index (χ2n) is 6.96. The van der Waals surface area contributed by atoms with Crippen LogP contribution in [0.2, 0.25) is 0 Å². The lowest BCUT2D eigenvalue weighted by Gasteiger charge is -2.10. The Bertz CT molecular complexity index is 1320. The molecule has 1 amide bonds. The van der Waals surface area contributed by atoms with Gasteiger partial charge in [0, 0.05) is 6.07 Å². The standard InChI is InChI=1S/C24H19F2N3O5/c1-2-32-24(31)18-13-27-29(16-6-4-3-5-7-16)22(18)28-23(30)21-11-9-17(34-21)14-33-20-10-8-15(25)12-19(20)26/h3-13H,2,14H2,1H3,(H,28,30). The van der Waals surface area contributed by atoms with Crippen molar-refractivity contribution in [3.63, 3.8) is 0 Å². The second kappa shape index (κ2) is 9.99. The molecule has 0 saturated heterocycles. The molecule has 10 heteroatoms. The van der Waals surface area contributed by atoms with Crippen molar-refractivity contribution in [1.29, 1.82) is 0 Å². The van der Waals surface area contributed by atoms with Crippen LogP contribution in [0.25, 0.3) is 5.69 Å². The minimum Gasteiger partial charge on any atom is -0.483 e. The summed E-state index contributed by atoms with van der Waals surface area (Å²) in [6, 6.07) is 14.7. The maximum atomic E-state index is 13.7. The van der Waals surface area contributed by atoms with Crippen LogP contribution in [-0.2, 0) is 11.3 Å². The molecule has 0 aliphatic carbocycles. The van der Waals surface area contributed by atoms with E-state index < -0.39 is 23.5 Å². The summed E-state index contributed by atoms with van der Waals surface area (Å²) in [6.07, 6.45) is 1.30. The number of carbonyl (C=O) groups is 2. The summed E-state index contributed by atoms with van der Waals surface area (Å²) < 4.78 is 44.0. The number of ether oxygens (including phenoxy) is 2. The number of para-hydroxylation sites is 1. The quantitative estimate of drug-likeness (QED) is 0.376. The largest absolute Gasteiger partial charge is 0.483 e. The molecule has 0 aliphatic rings. The minimum atomic E-state index is -0.856. The fourth-order valence-corrected chi connectivity index (χ4v) is 3.08. The van der Waals surface area contributed by atoms with Crippen LogP contribution in [0, 0.1) is 11.6 Å². The molecular weight excluding hydrogens is 448 g/mol. The molecule has 34 heavy (non-hydrogen) atoms. The lowest BCUT2D eigenvalue weighted by molar-refractivity contribution is 0.0527. The number of nitrogens with one attached hydrogen (secondary N) is 1. The highest BCUT2D eigenvalue weighted by Gasteiger charge is 2.23. The number of amides is 1. The van der Waals surface area contributed by atoms with Crippen LogP contribution in [0.5, 0.6) is 5.75 Å². The second-order valence-corrected chi connectivity index (χ2v) is 6.96. The SMILES string of the molecule is CCOC(=O)c1cnn(-c2ccccc2)c1NC(=O)c1ccc(COc2ccc(F)cc2F)o1. The lowest BCUT2D eigenvalue weighted by atomic mass is 10.3. The van der Waals surface area contributed by atoms with E-state index in [1.807, 2.05) is 6.07 Å². The molecule has 2 aromatic carbocycles. The van der Waals surface area contributed by atoms with Crippen molar-refractivity contribution in [2.24, 2.45) is 0 Å². The average Bonchev–Trinajstić information content (AvgIpc) is 3.47. The van der Waals surface area contributed by atoms with Gasteiger partial charge in [-0.1, -0.05) is 18.2 Å². The van der Waals surface area contributed by atoms with E-state index in [4.69, 9.17) is 13.9 Å². The first-order valence-electron chi connectivity index (χ1n) is 10.2. The third-order valence-corrected chi connectivity index (χ3v) is 4.65. The van der Waals surface area contributed by atoms with Gasteiger partial charge in [-0.05, 0) is 43.3 Å². The monoisotopic (exact) mass is 467 g/mol. The topological polar surface area (TPSA) is 95.6 Å². The Labute approximate surface area is 192 Å². The van der Waals surface area contributed by atoms with Crippen molar-refractivity contribution in [2.75, 3.05) is 11.9 Å².